The molecule has 2 aromatic rings. The second-order valence-electron chi connectivity index (χ2n) is 37.8. The largest absolute Gasteiger partial charge is 0.485 e. The maximum absolute atomic E-state index is 14.0. The molecule has 42 nitrogen and oxygen atoms in total. The smallest absolute Gasteiger partial charge is 0.397 e. The highest BCUT2D eigenvalue weighted by atomic mass is 35.5. The third kappa shape index (κ3) is 46.3. The van der Waals surface area contributed by atoms with Crippen molar-refractivity contribution in [3.8, 4) is 11.5 Å². The van der Waals surface area contributed by atoms with E-state index in [4.69, 9.17) is 51.2 Å². The minimum absolute atomic E-state index is 0.000664. The Morgan fingerprint density at radius 2 is 0.658 bits per heavy atom. The monoisotopic (exact) mass is 2160 g/mol. The molecule has 4 atom stereocenters. The van der Waals surface area contributed by atoms with E-state index in [1.807, 2.05) is 6.92 Å². The van der Waals surface area contributed by atoms with Crippen LogP contribution in [0.25, 0.3) is 0 Å². The van der Waals surface area contributed by atoms with Crippen molar-refractivity contribution < 1.29 is 180 Å². The molecule has 149 heavy (non-hydrogen) atoms. The number of ether oxygens (including phenoxy) is 8. The predicted octanol–water partition coefficient (Wildman–Crippen LogP) is 5.54. The lowest BCUT2D eigenvalue weighted by Gasteiger charge is -2.33. The predicted molar refractivity (Wildman–Crippen MR) is 514 cm³/mol. The molecule has 51 heteroatoms. The van der Waals surface area contributed by atoms with Crippen LogP contribution in [-0.2, 0) is 115 Å². The van der Waals surface area contributed by atoms with E-state index in [0.717, 1.165) is 90.1 Å². The van der Waals surface area contributed by atoms with E-state index in [1.165, 1.54) is 50.4 Å². The highest BCUT2D eigenvalue weighted by Crippen LogP contribution is 2.31. The fourth-order valence-electron chi connectivity index (χ4n) is 16.0. The molecule has 10 aliphatic heterocycles. The molecule has 12 rings (SSSR count). The first-order valence-electron chi connectivity index (χ1n) is 50.2. The van der Waals surface area contributed by atoms with E-state index in [1.54, 1.807) is 77.0 Å². The van der Waals surface area contributed by atoms with Crippen molar-refractivity contribution in [2.45, 2.75) is 246 Å². The van der Waals surface area contributed by atoms with Gasteiger partial charge in [0.2, 0.25) is 29.2 Å². The zero-order valence-corrected chi connectivity index (χ0v) is 86.9. The Hall–Kier alpha value is -11.8. The molecule has 0 spiro atoms. The molecule has 10 fully saturated rings. The molecule has 10 aliphatic rings. The number of piperidine rings is 4. The first-order chi connectivity index (χ1) is 70.3. The van der Waals surface area contributed by atoms with Crippen LogP contribution < -0.4 is 31.2 Å². The summed E-state index contributed by atoms with van der Waals surface area (Å²) in [5.74, 6) is -27.8. The zero-order chi connectivity index (χ0) is 112. The summed E-state index contributed by atoms with van der Waals surface area (Å²) in [6, 6.07) is -2.49. The lowest BCUT2D eigenvalue weighted by molar-refractivity contribution is -0.159. The topological polar surface area (TPSA) is 550 Å². The van der Waals surface area contributed by atoms with Gasteiger partial charge in [-0.15, -0.1) is 0 Å². The van der Waals surface area contributed by atoms with Crippen molar-refractivity contribution in [1.29, 1.82) is 0 Å². The van der Waals surface area contributed by atoms with Gasteiger partial charge >= 0.3 is 100 Å². The number of benzene rings is 2. The van der Waals surface area contributed by atoms with Crippen LogP contribution in [0.15, 0.2) is 12.1 Å². The number of amides is 9. The number of nitrogens with one attached hydrogen (secondary N) is 3. The lowest BCUT2D eigenvalue weighted by Crippen LogP contribution is -2.52. The van der Waals surface area contributed by atoms with Crippen molar-refractivity contribution in [2.75, 3.05) is 171 Å². The van der Waals surface area contributed by atoms with Crippen molar-refractivity contribution in [2.24, 2.45) is 29.4 Å². The van der Waals surface area contributed by atoms with Crippen LogP contribution in [0.1, 0.15) is 210 Å². The van der Waals surface area contributed by atoms with Gasteiger partial charge in [0.15, 0.2) is 34.8 Å². The number of carbonyl (C=O) groups is 18. The third-order valence-corrected chi connectivity index (χ3v) is 24.2. The first-order valence-corrected chi connectivity index (χ1v) is 50.5. The summed E-state index contributed by atoms with van der Waals surface area (Å²) in [7, 11) is 0. The lowest BCUT2D eigenvalue weighted by atomic mass is 9.94. The van der Waals surface area contributed by atoms with Gasteiger partial charge in [-0.1, -0.05) is 0 Å². The average Bonchev–Trinajstić information content (AvgIpc) is 1.61. The number of carbonyl (C=O) groups excluding carboxylic acids is 16. The van der Waals surface area contributed by atoms with E-state index >= 15 is 0 Å². The van der Waals surface area contributed by atoms with Gasteiger partial charge in [-0.05, 0) is 235 Å². The number of nitrogens with zero attached hydrogens (tertiary/aromatic N) is 8. The minimum Gasteiger partial charge on any atom is -0.485 e. The average molecular weight is 2160 g/mol. The van der Waals surface area contributed by atoms with Gasteiger partial charge in [0.25, 0.3) is 0 Å². The van der Waals surface area contributed by atoms with E-state index in [-0.39, 0.29) is 87.4 Å². The molecule has 0 aliphatic carbocycles. The molecule has 0 aromatic heterocycles. The molecular weight excluding hydrogens is 2010 g/mol. The number of aliphatic hydroxyl groups is 2. The number of hydrogen-bond acceptors (Lipinski definition) is 31. The van der Waals surface area contributed by atoms with Crippen LogP contribution in [0.5, 0.6) is 11.5 Å². The Morgan fingerprint density at radius 3 is 0.953 bits per heavy atom. The molecule has 0 radical (unpaired) electrons. The fourth-order valence-corrected chi connectivity index (χ4v) is 16.1. The number of aliphatic carboxylic acids is 2. The van der Waals surface area contributed by atoms with E-state index in [9.17, 15) is 132 Å². The Morgan fingerprint density at radius 1 is 0.376 bits per heavy atom. The standard InChI is InChI=1S/C27H35F4N3O7.C15H19F4NO4.C14H22N2O4.C12H18N2O4.C8H13NO3.C8H15NO2.C6H9NO3.C4H5ClO3.C4H9N/c1-27(2,3)41-20(36)13-18(19(35)14-40-23-21(30)16(28)12-17(29)22(23)31)32-24(37)15-6-10-34(11-7-15)26(39)25(38)33-8-4-5-9-33;1-15(2,3)24-11(22)5-9(20)10(21)6-23-14-12(18)7(16)4-8(17)13(14)19;1-2-20-14(19)11-5-9-16(10-6-11)13(18)12(17)15-7-3-4-8-15;15-10(13-5-1-2-6-13)11(16)14-7-3-9(4-8-14)12(17)18;1-2-12-8(11)7(10)9-5-3-4-6-9;1-2-11-8(10)7-3-5-9-6-4-7;8-5(6(9)10)7-3-1-2-4-7;1-2-8-4(7)3(5)6;1-2-4-5-3-1/h12,15,18-19,35H,4-11,13-14H2,1-3H3,(H,32,37);4,9-10,21H,5-6,20H2,1-3H3;11H,2-10H2,1H3;9H,1-8H2,(H,17,18);2-6H2,1H3;7,9H,2-6H2,1H3;1-4H2,(H,9,10);2H2,1H3;5H,1-4H2/t18-,19?;9-,10?;;;;;;;/m00......./s1. The minimum atomic E-state index is -1.81. The number of esters is 6. The summed E-state index contributed by atoms with van der Waals surface area (Å²) in [5.41, 5.74) is 3.93. The van der Waals surface area contributed by atoms with Gasteiger partial charge in [0.1, 0.15) is 36.6 Å². The Balaban J connectivity index is 0.000000371. The number of rotatable bonds is 22. The highest BCUT2D eigenvalue weighted by molar-refractivity contribution is 6.80. The second kappa shape index (κ2) is 66.7. The van der Waals surface area contributed by atoms with Gasteiger partial charge in [-0.25, -0.2) is 31.9 Å². The van der Waals surface area contributed by atoms with Crippen molar-refractivity contribution in [3.63, 3.8) is 0 Å². The van der Waals surface area contributed by atoms with Crippen molar-refractivity contribution in [1.82, 2.24) is 55.1 Å². The van der Waals surface area contributed by atoms with Gasteiger partial charge in [0.05, 0.1) is 63.1 Å². The van der Waals surface area contributed by atoms with Crippen LogP contribution in [0.4, 0.5) is 35.1 Å². The number of nitrogens with two attached hydrogens (primary N) is 1. The molecule has 2 unspecified atom stereocenters. The normalized spacial score (nSPS) is 17.6. The second-order valence-corrected chi connectivity index (χ2v) is 38.1. The number of carboxylic acid groups (broad SMARTS) is 2. The molecule has 0 saturated carbocycles. The van der Waals surface area contributed by atoms with Gasteiger partial charge in [0, 0.05) is 129 Å². The van der Waals surface area contributed by atoms with Crippen LogP contribution in [0, 0.1) is 70.2 Å². The van der Waals surface area contributed by atoms with Gasteiger partial charge in [-0.3, -0.25) is 71.9 Å². The summed E-state index contributed by atoms with van der Waals surface area (Å²) < 4.78 is 146. The van der Waals surface area contributed by atoms with Crippen LogP contribution >= 0.6 is 11.6 Å². The molecule has 840 valence electrons. The van der Waals surface area contributed by atoms with E-state index < -0.39 is 213 Å². The van der Waals surface area contributed by atoms with Crippen LogP contribution in [0.3, 0.4) is 0 Å². The van der Waals surface area contributed by atoms with Crippen LogP contribution in [0.2, 0.25) is 0 Å². The number of hydrogen-bond donors (Lipinski definition) is 8. The maximum atomic E-state index is 14.0. The molecule has 9 amide bonds. The number of likely N-dealkylation sites (tertiary alicyclic amines) is 8. The number of halogens is 9. The van der Waals surface area contributed by atoms with Gasteiger partial charge in [-0.2, -0.15) is 17.6 Å². The number of carboxylic acids is 2. The molecule has 10 saturated heterocycles. The van der Waals surface area contributed by atoms with Crippen LogP contribution in [-0.4, -0.2) is 372 Å². The molecule has 10 heterocycles. The summed E-state index contributed by atoms with van der Waals surface area (Å²) in [5, 5.41) is 45.4. The maximum Gasteiger partial charge on any atom is 0.397 e. The molecule has 0 bridgehead atoms. The molecular formula is C98H145ClF8N12O30. The van der Waals surface area contributed by atoms with E-state index in [0.29, 0.717) is 131 Å². The van der Waals surface area contributed by atoms with Gasteiger partial charge < -0.3 is 119 Å². The third-order valence-electron chi connectivity index (χ3n) is 24.0. The quantitative estimate of drug-likeness (QED) is 0.0179. The summed E-state index contributed by atoms with van der Waals surface area (Å²) >= 11 is 4.69. The summed E-state index contributed by atoms with van der Waals surface area (Å²) in [6.45, 7) is 28.9. The fraction of sp³-hybridized carbons (Fsp3) is 0.694. The highest BCUT2D eigenvalue weighted by Gasteiger charge is 2.40. The van der Waals surface area contributed by atoms with E-state index in [2.05, 4.69) is 30.2 Å². The Kier molecular flexibility index (Phi) is 58.0. The van der Waals surface area contributed by atoms with Crippen molar-refractivity contribution in [3.05, 3.63) is 58.7 Å². The Labute approximate surface area is 865 Å². The number of aliphatic hydroxyl groups excluding tert-OH is 2. The molecule has 2 aromatic carbocycles. The van der Waals surface area contributed by atoms with Crippen molar-refractivity contribution >= 4 is 118 Å². The summed E-state index contributed by atoms with van der Waals surface area (Å²) in [4.78, 5) is 218. The zero-order valence-electron chi connectivity index (χ0n) is 86.2. The Bertz CT molecular complexity index is 4670. The first kappa shape index (κ1) is 130. The summed E-state index contributed by atoms with van der Waals surface area (Å²) in [6.07, 6.45) is 12.3. The SMILES string of the molecule is C1CCNC1.CC(C)(C)OC(=O)C[C@H](N)C(O)COc1c(F)c(F)cc(F)c1F.CC(C)(C)OC(=O)C[C@H](NC(=O)C1CCN(C(=O)C(=O)N2CCCC2)CC1)C(O)COc1c(F)c(F)cc(F)c1F.CCOC(=O)C(=O)Cl.CCOC(=O)C(=O)N1CCCC1.CCOC(=O)C1CCN(C(=O)C(=O)N2CCCC2)CC1.CCOC(=O)C1CCNCC1.O=C(O)C(=O)N1CCCC1.O=C(O)C1CCN(C(=O)C(=O)N2CCCC2)CC1. The molecule has 9 N–H and O–H groups in total.